The van der Waals surface area contributed by atoms with Gasteiger partial charge >= 0.3 is 5.97 Å². The first-order chi connectivity index (χ1) is 13.9. The number of carboxylic acid groups (broad SMARTS) is 2. The molecule has 0 aliphatic rings. The predicted octanol–water partition coefficient (Wildman–Crippen LogP) is 5.95. The zero-order valence-electron chi connectivity index (χ0n) is 18.9. The minimum atomic E-state index is -1.48. The summed E-state index contributed by atoms with van der Waals surface area (Å²) in [4.78, 5) is 20.8. The molecule has 4 nitrogen and oxygen atoms in total. The number of rotatable bonds is 14. The van der Waals surface area contributed by atoms with Gasteiger partial charge in [-0.15, -0.1) is 0 Å². The van der Waals surface area contributed by atoms with Crippen molar-refractivity contribution in [2.75, 3.05) is 24.6 Å². The van der Waals surface area contributed by atoms with Gasteiger partial charge in [-0.25, -0.2) is 4.79 Å². The second kappa shape index (κ2) is 16.4. The molecule has 0 radical (unpaired) electrons. The van der Waals surface area contributed by atoms with Crippen LogP contribution in [0.1, 0.15) is 99.8 Å². The summed E-state index contributed by atoms with van der Waals surface area (Å²) in [5, 5.41) is 18.9. The van der Waals surface area contributed by atoms with Gasteiger partial charge in [0.1, 0.15) is 0 Å². The lowest BCUT2D eigenvalue weighted by atomic mass is 10.1. The third-order valence-electron chi connectivity index (χ3n) is 5.32. The SMILES string of the molecule is CCCC[P+](CCCC)(CCCC)CCCC.O=C([O-])c1ccccc1C(=O)O. The minimum absolute atomic E-state index is 0.252. The van der Waals surface area contributed by atoms with Crippen molar-refractivity contribution < 1.29 is 19.8 Å². The van der Waals surface area contributed by atoms with Crippen LogP contribution in [0.15, 0.2) is 24.3 Å². The van der Waals surface area contributed by atoms with Gasteiger partial charge in [0.2, 0.25) is 0 Å². The van der Waals surface area contributed by atoms with Crippen LogP contribution >= 0.6 is 7.26 Å². The Morgan fingerprint density at radius 2 is 1.10 bits per heavy atom. The van der Waals surface area contributed by atoms with E-state index < -0.39 is 19.2 Å². The number of hydrogen-bond donors (Lipinski definition) is 1. The fraction of sp³-hybridized carbons (Fsp3) is 0.667. The molecule has 0 aliphatic heterocycles. The molecule has 0 unspecified atom stereocenters. The quantitative estimate of drug-likeness (QED) is 0.374. The van der Waals surface area contributed by atoms with E-state index in [4.69, 9.17) is 5.11 Å². The van der Waals surface area contributed by atoms with Gasteiger partial charge in [0.15, 0.2) is 0 Å². The van der Waals surface area contributed by atoms with Crippen LogP contribution in [-0.4, -0.2) is 41.7 Å². The molecule has 1 aromatic rings. The zero-order chi connectivity index (χ0) is 22.1. The fourth-order valence-electron chi connectivity index (χ4n) is 3.49. The molecule has 1 N–H and O–H groups in total. The molecule has 1 rings (SSSR count). The summed E-state index contributed by atoms with van der Waals surface area (Å²) in [5.74, 6) is -2.75. The van der Waals surface area contributed by atoms with Crippen molar-refractivity contribution >= 4 is 19.2 Å². The molecule has 0 heterocycles. The monoisotopic (exact) mass is 424 g/mol. The highest BCUT2D eigenvalue weighted by atomic mass is 31.2. The maximum atomic E-state index is 10.4. The van der Waals surface area contributed by atoms with Gasteiger partial charge in [-0.05, 0) is 31.7 Å². The third kappa shape index (κ3) is 11.4. The molecular weight excluding hydrogens is 383 g/mol. The molecule has 166 valence electrons. The number of carbonyl (C=O) groups excluding carboxylic acids is 1. The van der Waals surface area contributed by atoms with E-state index in [9.17, 15) is 14.7 Å². The van der Waals surface area contributed by atoms with E-state index in [2.05, 4.69) is 27.7 Å². The molecule has 0 amide bonds. The Morgan fingerprint density at radius 1 is 0.759 bits per heavy atom. The molecular formula is C24H41O4P. The predicted molar refractivity (Wildman–Crippen MR) is 124 cm³/mol. The Morgan fingerprint density at radius 3 is 1.34 bits per heavy atom. The summed E-state index contributed by atoms with van der Waals surface area (Å²) >= 11 is 0. The average molecular weight is 425 g/mol. The summed E-state index contributed by atoms with van der Waals surface area (Å²) in [7, 11) is -0.562. The van der Waals surface area contributed by atoms with Crippen LogP contribution < -0.4 is 5.11 Å². The van der Waals surface area contributed by atoms with Crippen molar-refractivity contribution in [3.63, 3.8) is 0 Å². The van der Waals surface area contributed by atoms with Crippen LogP contribution in [0, 0.1) is 0 Å². The number of benzene rings is 1. The highest BCUT2D eigenvalue weighted by Crippen LogP contribution is 2.61. The summed E-state index contributed by atoms with van der Waals surface area (Å²) in [6.45, 7) is 9.42. The first kappa shape index (κ1) is 27.6. The van der Waals surface area contributed by atoms with Crippen LogP contribution in [0.3, 0.4) is 0 Å². The second-order valence-corrected chi connectivity index (χ2v) is 12.3. The maximum absolute atomic E-state index is 10.4. The van der Waals surface area contributed by atoms with Gasteiger partial charge in [-0.3, -0.25) is 0 Å². The van der Waals surface area contributed by atoms with Crippen LogP contribution in [0.4, 0.5) is 0 Å². The summed E-state index contributed by atoms with van der Waals surface area (Å²) in [6.07, 6.45) is 17.9. The molecule has 0 aromatic heterocycles. The molecule has 0 fully saturated rings. The van der Waals surface area contributed by atoms with Crippen molar-refractivity contribution in [1.82, 2.24) is 0 Å². The van der Waals surface area contributed by atoms with Crippen molar-refractivity contribution in [3.8, 4) is 0 Å². The first-order valence-electron chi connectivity index (χ1n) is 11.3. The lowest BCUT2D eigenvalue weighted by molar-refractivity contribution is -0.255. The number of hydrogen-bond acceptors (Lipinski definition) is 3. The normalized spacial score (nSPS) is 10.9. The van der Waals surface area contributed by atoms with Gasteiger partial charge < -0.3 is 15.0 Å². The fourth-order valence-corrected chi connectivity index (χ4v) is 8.78. The molecule has 0 bridgehead atoms. The molecule has 1 aromatic carbocycles. The van der Waals surface area contributed by atoms with Crippen LogP contribution in [0.25, 0.3) is 0 Å². The van der Waals surface area contributed by atoms with Crippen molar-refractivity contribution in [2.45, 2.75) is 79.1 Å². The topological polar surface area (TPSA) is 77.4 Å². The van der Waals surface area contributed by atoms with Gasteiger partial charge in [0.05, 0.1) is 36.2 Å². The van der Waals surface area contributed by atoms with Crippen LogP contribution in [0.5, 0.6) is 0 Å². The van der Waals surface area contributed by atoms with Gasteiger partial charge in [0, 0.05) is 12.8 Å². The lowest BCUT2D eigenvalue weighted by Gasteiger charge is -2.28. The van der Waals surface area contributed by atoms with E-state index >= 15 is 0 Å². The van der Waals surface area contributed by atoms with E-state index in [1.54, 1.807) is 24.6 Å². The zero-order valence-corrected chi connectivity index (χ0v) is 19.8. The lowest BCUT2D eigenvalue weighted by Crippen LogP contribution is -2.24. The number of carboxylic acids is 2. The molecule has 29 heavy (non-hydrogen) atoms. The standard InChI is InChI=1S/C16H36P.C8H6O4/c1-5-9-13-17(14-10-6-2,15-11-7-3)16-12-8-4;9-7(10)5-3-1-2-4-6(5)8(11)12/h5-16H2,1-4H3;1-4H,(H,9,10)(H,11,12)/q+1;/p-1. The van der Waals surface area contributed by atoms with E-state index in [-0.39, 0.29) is 11.1 Å². The Bertz CT molecular complexity index is 515. The van der Waals surface area contributed by atoms with E-state index in [0.29, 0.717) is 0 Å². The smallest absolute Gasteiger partial charge is 0.336 e. The van der Waals surface area contributed by atoms with E-state index in [1.165, 1.54) is 75.6 Å². The minimum Gasteiger partial charge on any atom is -0.545 e. The summed E-state index contributed by atoms with van der Waals surface area (Å²) in [5.41, 5.74) is -0.553. The third-order valence-corrected chi connectivity index (χ3v) is 10.4. The highest BCUT2D eigenvalue weighted by molar-refractivity contribution is 7.75. The largest absolute Gasteiger partial charge is 0.545 e. The van der Waals surface area contributed by atoms with Gasteiger partial charge in [-0.1, -0.05) is 71.6 Å². The number of aromatic carboxylic acids is 2. The maximum Gasteiger partial charge on any atom is 0.336 e. The Hall–Kier alpha value is -1.41. The van der Waals surface area contributed by atoms with Gasteiger partial charge in [0.25, 0.3) is 0 Å². The highest BCUT2D eigenvalue weighted by Gasteiger charge is 2.34. The van der Waals surface area contributed by atoms with Crippen molar-refractivity contribution in [1.29, 1.82) is 0 Å². The molecule has 0 atom stereocenters. The first-order valence-corrected chi connectivity index (χ1v) is 13.8. The number of carbonyl (C=O) groups is 2. The van der Waals surface area contributed by atoms with Gasteiger partial charge in [-0.2, -0.15) is 0 Å². The van der Waals surface area contributed by atoms with Crippen molar-refractivity contribution in [3.05, 3.63) is 35.4 Å². The van der Waals surface area contributed by atoms with E-state index in [1.807, 2.05) is 0 Å². The summed E-state index contributed by atoms with van der Waals surface area (Å²) in [6, 6.07) is 5.31. The van der Waals surface area contributed by atoms with Crippen molar-refractivity contribution in [2.24, 2.45) is 0 Å². The molecule has 0 saturated heterocycles. The average Bonchev–Trinajstić information content (AvgIpc) is 2.73. The Kier molecular flexibility index (Phi) is 15.6. The molecule has 5 heteroatoms. The second-order valence-electron chi connectivity index (χ2n) is 7.79. The van der Waals surface area contributed by atoms with Crippen LogP contribution in [-0.2, 0) is 0 Å². The Labute approximate surface area is 178 Å². The number of unbranched alkanes of at least 4 members (excludes halogenated alkanes) is 4. The molecule has 0 aliphatic carbocycles. The molecule has 0 spiro atoms. The Balaban J connectivity index is 0.000000571. The summed E-state index contributed by atoms with van der Waals surface area (Å²) < 4.78 is 0. The molecule has 0 saturated carbocycles. The van der Waals surface area contributed by atoms with Crippen LogP contribution in [0.2, 0.25) is 0 Å². The van der Waals surface area contributed by atoms with E-state index in [0.717, 1.165) is 0 Å².